The van der Waals surface area contributed by atoms with E-state index >= 15 is 0 Å². The van der Waals surface area contributed by atoms with Crippen LogP contribution in [0.4, 0.5) is 0 Å². The van der Waals surface area contributed by atoms with Crippen LogP contribution in [0.25, 0.3) is 0 Å². The number of carbonyl (C=O) groups is 1. The summed E-state index contributed by atoms with van der Waals surface area (Å²) < 4.78 is 10.4. The van der Waals surface area contributed by atoms with Crippen molar-refractivity contribution in [1.82, 2.24) is 9.80 Å². The Kier molecular flexibility index (Phi) is 5.60. The van der Waals surface area contributed by atoms with Gasteiger partial charge in [0.1, 0.15) is 0 Å². The van der Waals surface area contributed by atoms with Gasteiger partial charge in [-0.05, 0) is 20.3 Å². The van der Waals surface area contributed by atoms with E-state index in [9.17, 15) is 4.79 Å². The standard InChI is InChI=1S/C14H26N2O3/c1-3-19-14(17)10-12(2)16-5-4-13(11-16)15-6-8-18-9-7-15/h12-13H,3-11H2,1-2H3. The molecule has 5 heteroatoms. The number of likely N-dealkylation sites (tertiary alicyclic amines) is 1. The molecule has 0 N–H and O–H groups in total. The predicted octanol–water partition coefficient (Wildman–Crippen LogP) is 0.735. The highest BCUT2D eigenvalue weighted by molar-refractivity contribution is 5.70. The van der Waals surface area contributed by atoms with Gasteiger partial charge in [0.05, 0.1) is 26.2 Å². The van der Waals surface area contributed by atoms with Crippen molar-refractivity contribution in [2.45, 2.75) is 38.8 Å². The van der Waals surface area contributed by atoms with Crippen LogP contribution in [0.1, 0.15) is 26.7 Å². The first-order chi connectivity index (χ1) is 9.20. The number of nitrogens with zero attached hydrogens (tertiary/aromatic N) is 2. The topological polar surface area (TPSA) is 42.0 Å². The number of hydrogen-bond acceptors (Lipinski definition) is 5. The van der Waals surface area contributed by atoms with E-state index < -0.39 is 0 Å². The zero-order chi connectivity index (χ0) is 13.7. The molecule has 2 aliphatic heterocycles. The molecule has 2 fully saturated rings. The first-order valence-corrected chi connectivity index (χ1v) is 7.42. The summed E-state index contributed by atoms with van der Waals surface area (Å²) in [4.78, 5) is 16.5. The molecule has 5 nitrogen and oxygen atoms in total. The lowest BCUT2D eigenvalue weighted by molar-refractivity contribution is -0.144. The number of esters is 1. The Morgan fingerprint density at radius 3 is 2.79 bits per heavy atom. The Bertz CT molecular complexity index is 292. The van der Waals surface area contributed by atoms with Gasteiger partial charge >= 0.3 is 5.97 Å². The largest absolute Gasteiger partial charge is 0.466 e. The average molecular weight is 270 g/mol. The zero-order valence-corrected chi connectivity index (χ0v) is 12.1. The van der Waals surface area contributed by atoms with Crippen LogP contribution in [0, 0.1) is 0 Å². The van der Waals surface area contributed by atoms with Gasteiger partial charge < -0.3 is 9.47 Å². The first-order valence-electron chi connectivity index (χ1n) is 7.42. The molecule has 0 amide bonds. The van der Waals surface area contributed by atoms with Gasteiger partial charge in [-0.2, -0.15) is 0 Å². The fraction of sp³-hybridized carbons (Fsp3) is 0.929. The molecule has 0 aromatic rings. The fourth-order valence-electron chi connectivity index (χ4n) is 3.00. The van der Waals surface area contributed by atoms with Crippen molar-refractivity contribution in [3.05, 3.63) is 0 Å². The molecular weight excluding hydrogens is 244 g/mol. The van der Waals surface area contributed by atoms with E-state index in [1.807, 2.05) is 6.92 Å². The number of ether oxygens (including phenoxy) is 2. The van der Waals surface area contributed by atoms with Gasteiger partial charge in [0, 0.05) is 38.3 Å². The zero-order valence-electron chi connectivity index (χ0n) is 12.1. The average Bonchev–Trinajstić information content (AvgIpc) is 2.89. The normalized spacial score (nSPS) is 27.4. The minimum atomic E-state index is -0.0789. The molecule has 0 aromatic heterocycles. The Hall–Kier alpha value is -0.650. The highest BCUT2D eigenvalue weighted by Crippen LogP contribution is 2.20. The molecule has 2 saturated heterocycles. The minimum Gasteiger partial charge on any atom is -0.466 e. The maximum absolute atomic E-state index is 11.5. The van der Waals surface area contributed by atoms with E-state index in [-0.39, 0.29) is 12.0 Å². The summed E-state index contributed by atoms with van der Waals surface area (Å²) >= 11 is 0. The van der Waals surface area contributed by atoms with Crippen molar-refractivity contribution in [3.8, 4) is 0 Å². The lowest BCUT2D eigenvalue weighted by Crippen LogP contribution is -2.45. The van der Waals surface area contributed by atoms with Crippen LogP contribution in [-0.4, -0.2) is 73.9 Å². The van der Waals surface area contributed by atoms with Crippen LogP contribution in [0.5, 0.6) is 0 Å². The quantitative estimate of drug-likeness (QED) is 0.689. The van der Waals surface area contributed by atoms with Gasteiger partial charge in [-0.1, -0.05) is 0 Å². The molecule has 0 spiro atoms. The number of rotatable bonds is 5. The minimum absolute atomic E-state index is 0.0789. The molecule has 2 aliphatic rings. The van der Waals surface area contributed by atoms with Crippen LogP contribution in [-0.2, 0) is 14.3 Å². The van der Waals surface area contributed by atoms with Gasteiger partial charge in [-0.3, -0.25) is 14.6 Å². The Labute approximate surface area is 115 Å². The predicted molar refractivity (Wildman–Crippen MR) is 73.1 cm³/mol. The van der Waals surface area contributed by atoms with Crippen LogP contribution in [0.3, 0.4) is 0 Å². The van der Waals surface area contributed by atoms with Crippen LogP contribution < -0.4 is 0 Å². The van der Waals surface area contributed by atoms with Crippen LogP contribution >= 0.6 is 0 Å². The summed E-state index contributed by atoms with van der Waals surface area (Å²) in [5.74, 6) is -0.0789. The van der Waals surface area contributed by atoms with Crippen molar-refractivity contribution >= 4 is 5.97 Å². The number of hydrogen-bond donors (Lipinski definition) is 0. The van der Waals surface area contributed by atoms with E-state index in [4.69, 9.17) is 9.47 Å². The van der Waals surface area contributed by atoms with Gasteiger partial charge in [0.15, 0.2) is 0 Å². The molecule has 0 aromatic carbocycles. The van der Waals surface area contributed by atoms with Crippen molar-refractivity contribution in [2.24, 2.45) is 0 Å². The smallest absolute Gasteiger partial charge is 0.307 e. The second kappa shape index (κ2) is 7.22. The molecule has 2 unspecified atom stereocenters. The third kappa shape index (κ3) is 4.16. The highest BCUT2D eigenvalue weighted by atomic mass is 16.5. The summed E-state index contributed by atoms with van der Waals surface area (Å²) in [5, 5.41) is 0. The van der Waals surface area contributed by atoms with Gasteiger partial charge in [-0.25, -0.2) is 0 Å². The van der Waals surface area contributed by atoms with Gasteiger partial charge in [-0.15, -0.1) is 0 Å². The van der Waals surface area contributed by atoms with Crippen LogP contribution in [0.2, 0.25) is 0 Å². The van der Waals surface area contributed by atoms with Crippen molar-refractivity contribution in [1.29, 1.82) is 0 Å². The molecule has 19 heavy (non-hydrogen) atoms. The molecule has 110 valence electrons. The monoisotopic (exact) mass is 270 g/mol. The van der Waals surface area contributed by atoms with Gasteiger partial charge in [0.2, 0.25) is 0 Å². The van der Waals surface area contributed by atoms with E-state index in [2.05, 4.69) is 16.7 Å². The molecule has 0 aliphatic carbocycles. The lowest BCUT2D eigenvalue weighted by Gasteiger charge is -2.32. The van der Waals surface area contributed by atoms with Gasteiger partial charge in [0.25, 0.3) is 0 Å². The lowest BCUT2D eigenvalue weighted by atomic mass is 10.2. The molecule has 2 rings (SSSR count). The molecular formula is C14H26N2O3. The van der Waals surface area contributed by atoms with Crippen LogP contribution in [0.15, 0.2) is 0 Å². The molecule has 2 atom stereocenters. The maximum atomic E-state index is 11.5. The first kappa shape index (κ1) is 14.8. The second-order valence-electron chi connectivity index (χ2n) is 5.44. The number of morpholine rings is 1. The second-order valence-corrected chi connectivity index (χ2v) is 5.44. The van der Waals surface area contributed by atoms with Crippen molar-refractivity contribution in [2.75, 3.05) is 46.0 Å². The van der Waals surface area contributed by atoms with E-state index in [1.165, 1.54) is 6.42 Å². The summed E-state index contributed by atoms with van der Waals surface area (Å²) in [6.45, 7) is 10.4. The SMILES string of the molecule is CCOC(=O)CC(C)N1CCC(N2CCOCC2)C1. The maximum Gasteiger partial charge on any atom is 0.307 e. The Balaban J connectivity index is 1.75. The van der Waals surface area contributed by atoms with E-state index in [0.717, 1.165) is 39.4 Å². The molecule has 0 radical (unpaired) electrons. The third-order valence-corrected chi connectivity index (χ3v) is 4.15. The summed E-state index contributed by atoms with van der Waals surface area (Å²) in [5.41, 5.74) is 0. The van der Waals surface area contributed by atoms with E-state index in [0.29, 0.717) is 19.1 Å². The third-order valence-electron chi connectivity index (χ3n) is 4.15. The highest BCUT2D eigenvalue weighted by Gasteiger charge is 2.31. The summed E-state index contributed by atoms with van der Waals surface area (Å²) in [7, 11) is 0. The Morgan fingerprint density at radius 2 is 2.11 bits per heavy atom. The van der Waals surface area contributed by atoms with E-state index in [1.54, 1.807) is 0 Å². The number of carbonyl (C=O) groups excluding carboxylic acids is 1. The van der Waals surface area contributed by atoms with Crippen molar-refractivity contribution in [3.63, 3.8) is 0 Å². The summed E-state index contributed by atoms with van der Waals surface area (Å²) in [6, 6.07) is 0.915. The Morgan fingerprint density at radius 1 is 1.37 bits per heavy atom. The molecule has 2 heterocycles. The van der Waals surface area contributed by atoms with Crippen molar-refractivity contribution < 1.29 is 14.3 Å². The summed E-state index contributed by atoms with van der Waals surface area (Å²) in [6.07, 6.45) is 1.71. The fourth-order valence-corrected chi connectivity index (χ4v) is 3.00. The molecule has 0 bridgehead atoms. The molecule has 0 saturated carbocycles.